The first kappa shape index (κ1) is 22.5. The van der Waals surface area contributed by atoms with Crippen LogP contribution in [0.15, 0.2) is 42.6 Å². The Morgan fingerprint density at radius 2 is 1.76 bits per heavy atom. The Labute approximate surface area is 200 Å². The Bertz CT molecular complexity index is 1250. The molecular formula is C24H24ClN3O6. The van der Waals surface area contributed by atoms with Crippen molar-refractivity contribution in [3.05, 3.63) is 58.7 Å². The van der Waals surface area contributed by atoms with E-state index in [2.05, 4.69) is 4.90 Å². The molecule has 1 saturated heterocycles. The molecule has 2 aliphatic rings. The predicted molar refractivity (Wildman–Crippen MR) is 124 cm³/mol. The molecule has 10 heteroatoms. The van der Waals surface area contributed by atoms with Crippen molar-refractivity contribution in [3.63, 3.8) is 0 Å². The first-order valence-electron chi connectivity index (χ1n) is 11.0. The van der Waals surface area contributed by atoms with Gasteiger partial charge in [0.2, 0.25) is 6.79 Å². The Morgan fingerprint density at radius 1 is 1.00 bits per heavy atom. The van der Waals surface area contributed by atoms with E-state index in [4.69, 9.17) is 21.1 Å². The third-order valence-corrected chi connectivity index (χ3v) is 6.56. The van der Waals surface area contributed by atoms with Crippen LogP contribution in [0.1, 0.15) is 17.2 Å². The maximum atomic E-state index is 12.4. The first-order valence-corrected chi connectivity index (χ1v) is 11.3. The van der Waals surface area contributed by atoms with Gasteiger partial charge in [0.1, 0.15) is 12.6 Å². The van der Waals surface area contributed by atoms with Crippen LogP contribution in [-0.4, -0.2) is 69.5 Å². The second kappa shape index (κ2) is 9.17. The van der Waals surface area contributed by atoms with Crippen LogP contribution in [0.3, 0.4) is 0 Å². The van der Waals surface area contributed by atoms with Crippen molar-refractivity contribution >= 4 is 34.4 Å². The lowest BCUT2D eigenvalue weighted by Crippen LogP contribution is -2.48. The third kappa shape index (κ3) is 4.42. The molecule has 2 aromatic carbocycles. The van der Waals surface area contributed by atoms with E-state index in [-0.39, 0.29) is 13.3 Å². The number of hydrogen-bond donors (Lipinski definition) is 2. The van der Waals surface area contributed by atoms with Crippen molar-refractivity contribution in [2.24, 2.45) is 0 Å². The zero-order valence-electron chi connectivity index (χ0n) is 18.3. The smallest absolute Gasteiger partial charge is 0.325 e. The summed E-state index contributed by atoms with van der Waals surface area (Å²) in [6.45, 7) is 3.26. The number of rotatable bonds is 7. The summed E-state index contributed by atoms with van der Waals surface area (Å²) in [4.78, 5) is 28.0. The molecule has 3 heterocycles. The number of aromatic nitrogens is 1. The van der Waals surface area contributed by atoms with Crippen molar-refractivity contribution in [3.8, 4) is 11.5 Å². The van der Waals surface area contributed by atoms with E-state index in [1.54, 1.807) is 29.0 Å². The molecule has 1 aromatic heterocycles. The van der Waals surface area contributed by atoms with Gasteiger partial charge in [-0.1, -0.05) is 23.7 Å². The highest BCUT2D eigenvalue weighted by Crippen LogP contribution is 2.34. The van der Waals surface area contributed by atoms with Crippen molar-refractivity contribution in [1.82, 2.24) is 14.4 Å². The van der Waals surface area contributed by atoms with E-state index in [0.29, 0.717) is 47.7 Å². The summed E-state index contributed by atoms with van der Waals surface area (Å²) < 4.78 is 12.4. The van der Waals surface area contributed by atoms with Crippen LogP contribution >= 0.6 is 11.6 Å². The summed E-state index contributed by atoms with van der Waals surface area (Å²) in [6.07, 6.45) is 1.63. The zero-order valence-corrected chi connectivity index (χ0v) is 19.1. The molecule has 0 bridgehead atoms. The third-order valence-electron chi connectivity index (χ3n) is 6.32. The Balaban J connectivity index is 1.34. The topological polar surface area (TPSA) is 104 Å². The van der Waals surface area contributed by atoms with Crippen LogP contribution in [0.25, 0.3) is 10.9 Å². The van der Waals surface area contributed by atoms with Gasteiger partial charge >= 0.3 is 11.9 Å². The van der Waals surface area contributed by atoms with Crippen molar-refractivity contribution in [1.29, 1.82) is 0 Å². The van der Waals surface area contributed by atoms with Crippen molar-refractivity contribution < 1.29 is 29.3 Å². The molecule has 3 aromatic rings. The van der Waals surface area contributed by atoms with E-state index in [9.17, 15) is 19.8 Å². The minimum absolute atomic E-state index is 0.239. The number of carbonyl (C=O) groups is 2. The van der Waals surface area contributed by atoms with E-state index in [1.165, 1.54) is 0 Å². The molecule has 0 radical (unpaired) electrons. The molecule has 34 heavy (non-hydrogen) atoms. The molecule has 1 fully saturated rings. The molecule has 2 N–H and O–H groups in total. The fraction of sp³-hybridized carbons (Fsp3) is 0.333. The van der Waals surface area contributed by atoms with Crippen LogP contribution in [0.5, 0.6) is 11.5 Å². The van der Waals surface area contributed by atoms with Crippen molar-refractivity contribution in [2.75, 3.05) is 33.0 Å². The standard InChI is InChI=1S/C24H24ClN3O6/c25-16-2-3-17-18(12-28(13-22(29)30)19(17)10-16)23(24(31)32)27-7-5-26(6-8-27)11-15-1-4-20-21(9-15)34-14-33-20/h1-4,9-10,12,23H,5-8,11,13-14H2,(H,29,30)(H,31,32)/t23-/m1/s1. The second-order valence-corrected chi connectivity index (χ2v) is 8.94. The van der Waals surface area contributed by atoms with Crippen molar-refractivity contribution in [2.45, 2.75) is 19.1 Å². The van der Waals surface area contributed by atoms with Gasteiger partial charge in [-0.05, 0) is 29.8 Å². The van der Waals surface area contributed by atoms with E-state index < -0.39 is 18.0 Å². The number of ether oxygens (including phenoxy) is 2. The molecule has 9 nitrogen and oxygen atoms in total. The molecule has 0 unspecified atom stereocenters. The molecule has 1 atom stereocenters. The average molecular weight is 486 g/mol. The minimum atomic E-state index is -1.01. The first-order chi connectivity index (χ1) is 16.4. The molecular weight excluding hydrogens is 462 g/mol. The van der Waals surface area contributed by atoms with E-state index >= 15 is 0 Å². The Morgan fingerprint density at radius 3 is 2.50 bits per heavy atom. The largest absolute Gasteiger partial charge is 0.480 e. The van der Waals surface area contributed by atoms with Gasteiger partial charge in [0.15, 0.2) is 11.5 Å². The van der Waals surface area contributed by atoms with Gasteiger partial charge in [0.05, 0.1) is 5.52 Å². The normalized spacial score (nSPS) is 17.2. The fourth-order valence-corrected chi connectivity index (χ4v) is 4.92. The van der Waals surface area contributed by atoms with Crippen LogP contribution in [0, 0.1) is 0 Å². The lowest BCUT2D eigenvalue weighted by atomic mass is 10.0. The number of carboxylic acid groups (broad SMARTS) is 2. The van der Waals surface area contributed by atoms with Gasteiger partial charge in [-0.15, -0.1) is 0 Å². The van der Waals surface area contributed by atoms with Gasteiger partial charge in [-0.25, -0.2) is 0 Å². The molecule has 2 aliphatic heterocycles. The quantitative estimate of drug-likeness (QED) is 0.526. The lowest BCUT2D eigenvalue weighted by molar-refractivity contribution is -0.144. The molecule has 178 valence electrons. The number of benzene rings is 2. The zero-order chi connectivity index (χ0) is 23.8. The Hall–Kier alpha value is -3.27. The monoisotopic (exact) mass is 485 g/mol. The summed E-state index contributed by atoms with van der Waals surface area (Å²) >= 11 is 6.13. The molecule has 0 spiro atoms. The number of fused-ring (bicyclic) bond motifs is 2. The average Bonchev–Trinajstić information content (AvgIpc) is 3.39. The summed E-state index contributed by atoms with van der Waals surface area (Å²) in [6, 6.07) is 10.2. The summed E-state index contributed by atoms with van der Waals surface area (Å²) in [5.74, 6) is -0.470. The SMILES string of the molecule is O=C(O)Cn1cc([C@H](C(=O)O)N2CCN(Cc3ccc4c(c3)OCO4)CC2)c2ccc(Cl)cc21. The highest BCUT2D eigenvalue weighted by molar-refractivity contribution is 6.31. The maximum absolute atomic E-state index is 12.4. The summed E-state index contributed by atoms with van der Waals surface area (Å²) in [7, 11) is 0. The maximum Gasteiger partial charge on any atom is 0.325 e. The number of hydrogen-bond acceptors (Lipinski definition) is 6. The highest BCUT2D eigenvalue weighted by atomic mass is 35.5. The summed E-state index contributed by atoms with van der Waals surface area (Å²) in [5, 5.41) is 20.6. The van der Waals surface area contributed by atoms with Crippen LogP contribution in [0.2, 0.25) is 5.02 Å². The number of nitrogens with zero attached hydrogens (tertiary/aromatic N) is 3. The molecule has 0 saturated carbocycles. The fourth-order valence-electron chi connectivity index (χ4n) is 4.75. The van der Waals surface area contributed by atoms with Crippen LogP contribution in [-0.2, 0) is 22.7 Å². The predicted octanol–water partition coefficient (Wildman–Crippen LogP) is 3.05. The van der Waals surface area contributed by atoms with E-state index in [1.807, 2.05) is 23.1 Å². The number of halogens is 1. The molecule has 5 rings (SSSR count). The van der Waals surface area contributed by atoms with Gasteiger partial charge in [-0.3, -0.25) is 19.4 Å². The van der Waals surface area contributed by atoms with Gasteiger partial charge in [0, 0.05) is 54.9 Å². The Kier molecular flexibility index (Phi) is 6.07. The summed E-state index contributed by atoms with van der Waals surface area (Å²) in [5.41, 5.74) is 2.29. The second-order valence-electron chi connectivity index (χ2n) is 8.51. The highest BCUT2D eigenvalue weighted by Gasteiger charge is 2.33. The molecule has 0 aliphatic carbocycles. The number of piperazine rings is 1. The number of aliphatic carboxylic acids is 2. The number of carboxylic acids is 2. The van der Waals surface area contributed by atoms with Gasteiger partial charge in [0.25, 0.3) is 0 Å². The van der Waals surface area contributed by atoms with Gasteiger partial charge < -0.3 is 24.3 Å². The van der Waals surface area contributed by atoms with Crippen LogP contribution in [0.4, 0.5) is 0 Å². The van der Waals surface area contributed by atoms with E-state index in [0.717, 1.165) is 23.6 Å². The lowest BCUT2D eigenvalue weighted by Gasteiger charge is -2.37. The van der Waals surface area contributed by atoms with Crippen LogP contribution < -0.4 is 9.47 Å². The van der Waals surface area contributed by atoms with Gasteiger partial charge in [-0.2, -0.15) is 0 Å². The minimum Gasteiger partial charge on any atom is -0.480 e. The molecule has 0 amide bonds.